The maximum atomic E-state index is 9.84. The summed E-state index contributed by atoms with van der Waals surface area (Å²) in [6.07, 6.45) is 3.61. The predicted octanol–water partition coefficient (Wildman–Crippen LogP) is -0.00700. The molecular weight excluding hydrogens is 218 g/mol. The van der Waals surface area contributed by atoms with E-state index >= 15 is 0 Å². The first-order chi connectivity index (χ1) is 8.00. The minimum Gasteiger partial charge on any atom is -0.392 e. The highest BCUT2D eigenvalue weighted by Crippen LogP contribution is 2.40. The Balaban J connectivity index is 1.72. The molecule has 3 unspecified atom stereocenters. The van der Waals surface area contributed by atoms with Gasteiger partial charge in [-0.25, -0.2) is 0 Å². The lowest BCUT2D eigenvalue weighted by molar-refractivity contribution is -0.0751. The Labute approximate surface area is 101 Å². The molecule has 1 heterocycles. The fourth-order valence-electron chi connectivity index (χ4n) is 2.22. The molecule has 0 aliphatic heterocycles. The van der Waals surface area contributed by atoms with Gasteiger partial charge in [0.1, 0.15) is 0 Å². The van der Waals surface area contributed by atoms with Gasteiger partial charge in [0.2, 0.25) is 0 Å². The molecule has 0 saturated heterocycles. The molecule has 2 rings (SSSR count). The van der Waals surface area contributed by atoms with Crippen LogP contribution in [0.5, 0.6) is 0 Å². The van der Waals surface area contributed by atoms with Crippen molar-refractivity contribution in [2.45, 2.75) is 45.1 Å². The molecular formula is C12H21N3O2. The number of rotatable bonds is 5. The van der Waals surface area contributed by atoms with Crippen molar-refractivity contribution in [3.8, 4) is 0 Å². The third-order valence-corrected chi connectivity index (χ3v) is 3.77. The number of aliphatic hydroxyl groups is 2. The summed E-state index contributed by atoms with van der Waals surface area (Å²) >= 11 is 0. The zero-order valence-electron chi connectivity index (χ0n) is 10.4. The molecule has 96 valence electrons. The van der Waals surface area contributed by atoms with E-state index in [4.69, 9.17) is 0 Å². The predicted molar refractivity (Wildman–Crippen MR) is 64.4 cm³/mol. The quantitative estimate of drug-likeness (QED) is 0.676. The molecule has 0 radical (unpaired) electrons. The summed E-state index contributed by atoms with van der Waals surface area (Å²) in [6.45, 7) is 5.10. The van der Waals surface area contributed by atoms with E-state index in [1.54, 1.807) is 10.9 Å². The first-order valence-corrected chi connectivity index (χ1v) is 6.07. The van der Waals surface area contributed by atoms with E-state index in [-0.39, 0.29) is 17.6 Å². The van der Waals surface area contributed by atoms with Crippen LogP contribution < -0.4 is 5.32 Å². The second-order valence-corrected chi connectivity index (χ2v) is 5.42. The van der Waals surface area contributed by atoms with E-state index in [0.717, 1.165) is 6.42 Å². The zero-order valence-corrected chi connectivity index (χ0v) is 10.4. The van der Waals surface area contributed by atoms with Crippen LogP contribution in [-0.2, 0) is 6.54 Å². The third-order valence-electron chi connectivity index (χ3n) is 3.77. The second kappa shape index (κ2) is 4.76. The summed E-state index contributed by atoms with van der Waals surface area (Å²) in [4.78, 5) is 0. The van der Waals surface area contributed by atoms with Crippen LogP contribution in [0.3, 0.4) is 0 Å². The first-order valence-electron chi connectivity index (χ1n) is 6.07. The lowest BCUT2D eigenvalue weighted by Gasteiger charge is -2.49. The molecule has 5 heteroatoms. The van der Waals surface area contributed by atoms with Gasteiger partial charge in [0, 0.05) is 30.4 Å². The Bertz CT molecular complexity index is 351. The standard InChI is InChI=1S/C12H21N3O2/c1-12(2)10(6-11(12)17)13-7-9(16)8-15-5-3-4-14-15/h3-5,9-11,13,16-17H,6-8H2,1-2H3. The Hall–Kier alpha value is -0.910. The SMILES string of the molecule is CC1(C)C(O)CC1NCC(O)Cn1cccn1. The summed E-state index contributed by atoms with van der Waals surface area (Å²) in [5, 5.41) is 26.8. The summed E-state index contributed by atoms with van der Waals surface area (Å²) in [6, 6.07) is 2.12. The van der Waals surface area contributed by atoms with Gasteiger partial charge in [0.05, 0.1) is 18.8 Å². The van der Waals surface area contributed by atoms with E-state index in [1.807, 2.05) is 26.1 Å². The van der Waals surface area contributed by atoms with E-state index < -0.39 is 6.10 Å². The number of hydrogen-bond acceptors (Lipinski definition) is 4. The van der Waals surface area contributed by atoms with Gasteiger partial charge in [-0.05, 0) is 12.5 Å². The fraction of sp³-hybridized carbons (Fsp3) is 0.750. The average molecular weight is 239 g/mol. The molecule has 5 nitrogen and oxygen atoms in total. The van der Waals surface area contributed by atoms with Gasteiger partial charge in [0.25, 0.3) is 0 Å². The van der Waals surface area contributed by atoms with Crippen LogP contribution >= 0.6 is 0 Å². The molecule has 0 aromatic carbocycles. The summed E-state index contributed by atoms with van der Waals surface area (Å²) in [7, 11) is 0. The highest BCUT2D eigenvalue weighted by atomic mass is 16.3. The molecule has 17 heavy (non-hydrogen) atoms. The van der Waals surface area contributed by atoms with Crippen molar-refractivity contribution in [2.24, 2.45) is 5.41 Å². The van der Waals surface area contributed by atoms with Crippen LogP contribution in [0.15, 0.2) is 18.5 Å². The molecule has 1 fully saturated rings. The average Bonchev–Trinajstić information content (AvgIpc) is 2.76. The zero-order chi connectivity index (χ0) is 12.5. The molecule has 0 spiro atoms. The Morgan fingerprint density at radius 3 is 2.88 bits per heavy atom. The largest absolute Gasteiger partial charge is 0.392 e. The van der Waals surface area contributed by atoms with Crippen LogP contribution in [0.1, 0.15) is 20.3 Å². The number of aliphatic hydroxyl groups excluding tert-OH is 2. The molecule has 1 saturated carbocycles. The molecule has 3 atom stereocenters. The Morgan fingerprint density at radius 2 is 2.35 bits per heavy atom. The highest BCUT2D eigenvalue weighted by Gasteiger charge is 2.46. The number of nitrogens with one attached hydrogen (secondary N) is 1. The van der Waals surface area contributed by atoms with Crippen LogP contribution in [-0.4, -0.2) is 44.8 Å². The molecule has 1 aliphatic rings. The van der Waals surface area contributed by atoms with E-state index in [9.17, 15) is 10.2 Å². The summed E-state index contributed by atoms with van der Waals surface area (Å²) in [5.41, 5.74) is -0.0918. The molecule has 1 aromatic rings. The maximum absolute atomic E-state index is 9.84. The van der Waals surface area contributed by atoms with Crippen LogP contribution in [0, 0.1) is 5.41 Å². The van der Waals surface area contributed by atoms with Crippen LogP contribution in [0.25, 0.3) is 0 Å². The number of hydrogen-bond donors (Lipinski definition) is 3. The van der Waals surface area contributed by atoms with Crippen molar-refractivity contribution < 1.29 is 10.2 Å². The van der Waals surface area contributed by atoms with Crippen molar-refractivity contribution >= 4 is 0 Å². The van der Waals surface area contributed by atoms with Gasteiger partial charge in [-0.1, -0.05) is 13.8 Å². The van der Waals surface area contributed by atoms with Crippen molar-refractivity contribution in [3.63, 3.8) is 0 Å². The van der Waals surface area contributed by atoms with E-state index in [2.05, 4.69) is 10.4 Å². The Morgan fingerprint density at radius 1 is 1.59 bits per heavy atom. The summed E-state index contributed by atoms with van der Waals surface area (Å²) < 4.78 is 1.72. The second-order valence-electron chi connectivity index (χ2n) is 5.42. The summed E-state index contributed by atoms with van der Waals surface area (Å²) in [5.74, 6) is 0. The van der Waals surface area contributed by atoms with Crippen molar-refractivity contribution in [1.29, 1.82) is 0 Å². The van der Waals surface area contributed by atoms with E-state index in [0.29, 0.717) is 13.1 Å². The first kappa shape index (κ1) is 12.5. The molecule has 1 aromatic heterocycles. The fourth-order valence-corrected chi connectivity index (χ4v) is 2.22. The third kappa shape index (κ3) is 2.68. The highest BCUT2D eigenvalue weighted by molar-refractivity contribution is 5.01. The monoisotopic (exact) mass is 239 g/mol. The molecule has 0 bridgehead atoms. The number of nitrogens with zero attached hydrogens (tertiary/aromatic N) is 2. The minimum absolute atomic E-state index is 0.0918. The van der Waals surface area contributed by atoms with Gasteiger partial charge < -0.3 is 15.5 Å². The van der Waals surface area contributed by atoms with Gasteiger partial charge >= 0.3 is 0 Å². The van der Waals surface area contributed by atoms with Crippen LogP contribution in [0.2, 0.25) is 0 Å². The van der Waals surface area contributed by atoms with Gasteiger partial charge in [0.15, 0.2) is 0 Å². The lowest BCUT2D eigenvalue weighted by atomic mass is 9.64. The Kier molecular flexibility index (Phi) is 3.51. The van der Waals surface area contributed by atoms with E-state index in [1.165, 1.54) is 0 Å². The normalized spacial score (nSPS) is 28.7. The van der Waals surface area contributed by atoms with Crippen molar-refractivity contribution in [3.05, 3.63) is 18.5 Å². The van der Waals surface area contributed by atoms with Gasteiger partial charge in [-0.3, -0.25) is 4.68 Å². The van der Waals surface area contributed by atoms with Crippen molar-refractivity contribution in [1.82, 2.24) is 15.1 Å². The van der Waals surface area contributed by atoms with Gasteiger partial charge in [-0.15, -0.1) is 0 Å². The van der Waals surface area contributed by atoms with Gasteiger partial charge in [-0.2, -0.15) is 5.10 Å². The number of aromatic nitrogens is 2. The van der Waals surface area contributed by atoms with Crippen molar-refractivity contribution in [2.75, 3.05) is 6.54 Å². The molecule has 0 amide bonds. The van der Waals surface area contributed by atoms with Crippen LogP contribution in [0.4, 0.5) is 0 Å². The molecule has 3 N–H and O–H groups in total. The minimum atomic E-state index is -0.455. The molecule has 1 aliphatic carbocycles. The topological polar surface area (TPSA) is 70.3 Å². The smallest absolute Gasteiger partial charge is 0.0860 e. The maximum Gasteiger partial charge on any atom is 0.0860 e. The lowest BCUT2D eigenvalue weighted by Crippen LogP contribution is -2.61.